The minimum absolute atomic E-state index is 0.120. The largest absolute Gasteiger partial charge is 0.390 e. The molecule has 1 heterocycles. The number of aliphatic hydroxyl groups excluding tert-OH is 1. The maximum Gasteiger partial charge on any atom is 0.253 e. The van der Waals surface area contributed by atoms with Gasteiger partial charge in [-0.25, -0.2) is 0 Å². The smallest absolute Gasteiger partial charge is 0.253 e. The van der Waals surface area contributed by atoms with Crippen LogP contribution in [0.25, 0.3) is 0 Å². The van der Waals surface area contributed by atoms with Gasteiger partial charge in [0.1, 0.15) is 5.60 Å². The number of likely N-dealkylation sites (tertiary alicyclic amines) is 1. The highest BCUT2D eigenvalue weighted by Crippen LogP contribution is 2.23. The topological polar surface area (TPSA) is 72.8 Å². The first-order valence-corrected chi connectivity index (χ1v) is 8.50. The van der Waals surface area contributed by atoms with Crippen LogP contribution >= 0.6 is 11.6 Å². The molecule has 0 unspecified atom stereocenters. The highest BCUT2D eigenvalue weighted by molar-refractivity contribution is 6.30. The average Bonchev–Trinajstić information content (AvgIpc) is 2.54. The zero-order chi connectivity index (χ0) is 16.9. The Morgan fingerprint density at radius 2 is 2.13 bits per heavy atom. The van der Waals surface area contributed by atoms with Gasteiger partial charge in [0.2, 0.25) is 0 Å². The summed E-state index contributed by atoms with van der Waals surface area (Å²) in [5, 5.41) is 24.6. The van der Waals surface area contributed by atoms with Crippen molar-refractivity contribution in [1.29, 1.82) is 0 Å². The molecule has 128 valence electrons. The highest BCUT2D eigenvalue weighted by atomic mass is 35.5. The fraction of sp³-hybridized carbons (Fsp3) is 0.588. The van der Waals surface area contributed by atoms with Gasteiger partial charge in [-0.3, -0.25) is 4.79 Å². The summed E-state index contributed by atoms with van der Waals surface area (Å²) in [6, 6.07) is 6.70. The second-order valence-electron chi connectivity index (χ2n) is 6.17. The average molecular weight is 341 g/mol. The molecule has 2 rings (SSSR count). The molecule has 1 aromatic rings. The third kappa shape index (κ3) is 4.67. The second kappa shape index (κ2) is 8.11. The molecular formula is C17H25ClN2O3. The van der Waals surface area contributed by atoms with Crippen molar-refractivity contribution in [3.63, 3.8) is 0 Å². The van der Waals surface area contributed by atoms with Crippen LogP contribution < -0.4 is 5.32 Å². The number of piperidine rings is 1. The van der Waals surface area contributed by atoms with Gasteiger partial charge < -0.3 is 20.4 Å². The zero-order valence-corrected chi connectivity index (χ0v) is 14.2. The van der Waals surface area contributed by atoms with Crippen LogP contribution in [-0.2, 0) is 0 Å². The number of nitrogens with zero attached hydrogens (tertiary/aromatic N) is 1. The number of halogens is 1. The quantitative estimate of drug-likeness (QED) is 0.689. The Morgan fingerprint density at radius 3 is 2.78 bits per heavy atom. The number of nitrogens with one attached hydrogen (secondary N) is 1. The Balaban J connectivity index is 2.01. The van der Waals surface area contributed by atoms with Crippen molar-refractivity contribution in [3.05, 3.63) is 34.9 Å². The van der Waals surface area contributed by atoms with Gasteiger partial charge in [-0.05, 0) is 43.7 Å². The van der Waals surface area contributed by atoms with E-state index in [-0.39, 0.29) is 19.0 Å². The number of amides is 1. The molecule has 0 aliphatic carbocycles. The lowest BCUT2D eigenvalue weighted by molar-refractivity contribution is -0.111. The molecule has 0 spiro atoms. The molecule has 3 N–H and O–H groups in total. The molecule has 0 bridgehead atoms. The van der Waals surface area contributed by atoms with Crippen molar-refractivity contribution in [3.8, 4) is 0 Å². The summed E-state index contributed by atoms with van der Waals surface area (Å²) in [4.78, 5) is 14.1. The lowest BCUT2D eigenvalue weighted by Gasteiger charge is -2.42. The molecular weight excluding hydrogens is 316 g/mol. The molecule has 0 saturated carbocycles. The lowest BCUT2D eigenvalue weighted by Crippen LogP contribution is -2.62. The third-order valence-electron chi connectivity index (χ3n) is 4.27. The lowest BCUT2D eigenvalue weighted by atomic mass is 9.89. The van der Waals surface area contributed by atoms with E-state index in [1.807, 2.05) is 0 Å². The van der Waals surface area contributed by atoms with Crippen LogP contribution in [0.1, 0.15) is 36.5 Å². The molecule has 23 heavy (non-hydrogen) atoms. The molecule has 6 heteroatoms. The van der Waals surface area contributed by atoms with Gasteiger partial charge in [0.05, 0.1) is 12.6 Å². The number of unbranched alkanes of at least 4 members (excludes halogenated alkanes) is 1. The minimum atomic E-state index is -1.31. The van der Waals surface area contributed by atoms with Gasteiger partial charge in [0.25, 0.3) is 5.91 Å². The van der Waals surface area contributed by atoms with Gasteiger partial charge in [0, 0.05) is 23.7 Å². The molecule has 1 aromatic carbocycles. The van der Waals surface area contributed by atoms with Crippen LogP contribution in [0, 0.1) is 0 Å². The molecule has 1 aliphatic heterocycles. The van der Waals surface area contributed by atoms with Crippen molar-refractivity contribution < 1.29 is 15.0 Å². The van der Waals surface area contributed by atoms with E-state index in [0.717, 1.165) is 19.4 Å². The number of carbonyl (C=O) groups excluding carboxylic acids is 1. The fourth-order valence-electron chi connectivity index (χ4n) is 2.79. The van der Waals surface area contributed by atoms with E-state index in [1.54, 1.807) is 29.2 Å². The Bertz CT molecular complexity index is 523. The van der Waals surface area contributed by atoms with E-state index in [4.69, 9.17) is 11.6 Å². The van der Waals surface area contributed by atoms with Gasteiger partial charge >= 0.3 is 0 Å². The maximum absolute atomic E-state index is 12.6. The molecule has 0 aromatic heterocycles. The Morgan fingerprint density at radius 1 is 1.43 bits per heavy atom. The highest BCUT2D eigenvalue weighted by Gasteiger charge is 2.42. The van der Waals surface area contributed by atoms with E-state index in [0.29, 0.717) is 23.6 Å². The number of hydrogen-bond acceptors (Lipinski definition) is 4. The molecule has 0 radical (unpaired) electrons. The molecule has 1 saturated heterocycles. The Hall–Kier alpha value is -1.14. The molecule has 1 fully saturated rings. The number of rotatable bonds is 6. The minimum Gasteiger partial charge on any atom is -0.390 e. The summed E-state index contributed by atoms with van der Waals surface area (Å²) in [6.07, 6.45) is 1.62. The zero-order valence-electron chi connectivity index (χ0n) is 13.5. The van der Waals surface area contributed by atoms with Crippen LogP contribution in [0.5, 0.6) is 0 Å². The summed E-state index contributed by atoms with van der Waals surface area (Å²) in [5.41, 5.74) is -0.777. The van der Waals surface area contributed by atoms with Crippen LogP contribution in [0.4, 0.5) is 0 Å². The van der Waals surface area contributed by atoms with Crippen molar-refractivity contribution in [2.24, 2.45) is 0 Å². The number of hydrogen-bond donors (Lipinski definition) is 3. The van der Waals surface area contributed by atoms with Crippen molar-refractivity contribution in [1.82, 2.24) is 10.2 Å². The summed E-state index contributed by atoms with van der Waals surface area (Å²) in [5.74, 6) is -0.152. The first-order chi connectivity index (χ1) is 11.0. The van der Waals surface area contributed by atoms with Gasteiger partial charge in [0.15, 0.2) is 0 Å². The first-order valence-electron chi connectivity index (χ1n) is 8.12. The molecule has 5 nitrogen and oxygen atoms in total. The van der Waals surface area contributed by atoms with Crippen molar-refractivity contribution in [2.75, 3.05) is 26.2 Å². The number of aliphatic hydroxyl groups is 2. The van der Waals surface area contributed by atoms with E-state index in [1.165, 1.54) is 0 Å². The number of benzene rings is 1. The maximum atomic E-state index is 12.6. The molecule has 1 aliphatic rings. The normalized spacial score (nSPS) is 24.7. The monoisotopic (exact) mass is 340 g/mol. The van der Waals surface area contributed by atoms with E-state index in [2.05, 4.69) is 12.2 Å². The standard InChI is InChI=1S/C17H25ClN2O3/c1-2-3-9-19-11-17(23)12-20(10-8-15(17)21)16(22)13-4-6-14(18)7-5-13/h4-7,15,19,21,23H,2-3,8-12H2,1H3/t15-,17+/m1/s1. The van der Waals surface area contributed by atoms with Crippen LogP contribution in [0.2, 0.25) is 5.02 Å². The fourth-order valence-corrected chi connectivity index (χ4v) is 2.92. The van der Waals surface area contributed by atoms with E-state index in [9.17, 15) is 15.0 Å². The Labute approximate surface area is 142 Å². The number of carbonyl (C=O) groups is 1. The van der Waals surface area contributed by atoms with Crippen molar-refractivity contribution in [2.45, 2.75) is 37.9 Å². The summed E-state index contributed by atoms with van der Waals surface area (Å²) >= 11 is 5.84. The summed E-state index contributed by atoms with van der Waals surface area (Å²) in [6.45, 7) is 3.71. The third-order valence-corrected chi connectivity index (χ3v) is 4.53. The van der Waals surface area contributed by atoms with Gasteiger partial charge in [-0.15, -0.1) is 0 Å². The Kier molecular flexibility index (Phi) is 6.41. The molecule has 1 amide bonds. The molecule has 2 atom stereocenters. The van der Waals surface area contributed by atoms with Gasteiger partial charge in [-0.1, -0.05) is 24.9 Å². The first kappa shape index (κ1) is 18.2. The summed E-state index contributed by atoms with van der Waals surface area (Å²) in [7, 11) is 0. The van der Waals surface area contributed by atoms with Crippen LogP contribution in [-0.4, -0.2) is 58.9 Å². The summed E-state index contributed by atoms with van der Waals surface area (Å²) < 4.78 is 0. The van der Waals surface area contributed by atoms with Crippen molar-refractivity contribution >= 4 is 17.5 Å². The SMILES string of the molecule is CCCCNC[C@]1(O)CN(C(=O)c2ccc(Cl)cc2)CC[C@H]1O. The van der Waals surface area contributed by atoms with E-state index < -0.39 is 11.7 Å². The van der Waals surface area contributed by atoms with Gasteiger partial charge in [-0.2, -0.15) is 0 Å². The predicted octanol–water partition coefficient (Wildman–Crippen LogP) is 1.67. The van der Waals surface area contributed by atoms with E-state index >= 15 is 0 Å². The van der Waals surface area contributed by atoms with Crippen LogP contribution in [0.15, 0.2) is 24.3 Å². The second-order valence-corrected chi connectivity index (χ2v) is 6.61. The van der Waals surface area contributed by atoms with Crippen LogP contribution in [0.3, 0.4) is 0 Å². The predicted molar refractivity (Wildman–Crippen MR) is 90.7 cm³/mol. The number of β-amino-alcohol motifs (C(OH)–C–C–N with tert-alkyl or cyclic N) is 1.